The molecule has 2 rings (SSSR count). The highest BCUT2D eigenvalue weighted by Gasteiger charge is 2.05. The molecule has 2 aromatic carbocycles. The highest BCUT2D eigenvalue weighted by molar-refractivity contribution is 9.10. The zero-order valence-electron chi connectivity index (χ0n) is 11.9. The molecule has 0 unspecified atom stereocenters. The zero-order valence-corrected chi connectivity index (χ0v) is 13.5. The van der Waals surface area contributed by atoms with Gasteiger partial charge in [0.15, 0.2) is 0 Å². The third-order valence-corrected chi connectivity index (χ3v) is 3.62. The Hall–Kier alpha value is -2.40. The lowest BCUT2D eigenvalue weighted by Gasteiger charge is -2.04. The summed E-state index contributed by atoms with van der Waals surface area (Å²) in [6.45, 7) is 0. The van der Waals surface area contributed by atoms with Gasteiger partial charge in [-0.2, -0.15) is 0 Å². The van der Waals surface area contributed by atoms with Crippen molar-refractivity contribution in [3.05, 3.63) is 70.2 Å². The minimum Gasteiger partial charge on any atom is -0.465 e. The number of carbonyl (C=O) groups excluding carboxylic acids is 2. The number of benzene rings is 2. The number of esters is 1. The van der Waals surface area contributed by atoms with E-state index in [0.717, 1.165) is 10.0 Å². The first-order valence-electron chi connectivity index (χ1n) is 6.52. The molecule has 0 heterocycles. The number of hydrogen-bond donors (Lipinski definition) is 1. The van der Waals surface area contributed by atoms with Gasteiger partial charge in [0, 0.05) is 16.2 Å². The van der Waals surface area contributed by atoms with E-state index in [1.807, 2.05) is 24.3 Å². The molecule has 0 aliphatic heterocycles. The standard InChI is InChI=1S/C17H14BrNO3/c1-22-17(21)13-6-9-14(10-7-13)19-16(20)11-8-12-4-2-3-5-15(12)18/h2-11H,1H3,(H,19,20)/b11-8+. The van der Waals surface area contributed by atoms with Crippen LogP contribution in [0.2, 0.25) is 0 Å². The van der Waals surface area contributed by atoms with Crippen LogP contribution in [-0.2, 0) is 9.53 Å². The Kier molecular flexibility index (Phi) is 5.49. The Balaban J connectivity index is 2.00. The molecule has 0 atom stereocenters. The normalized spacial score (nSPS) is 10.5. The van der Waals surface area contributed by atoms with E-state index < -0.39 is 5.97 Å². The maximum absolute atomic E-state index is 11.9. The van der Waals surface area contributed by atoms with Crippen LogP contribution in [0.15, 0.2) is 59.1 Å². The van der Waals surface area contributed by atoms with Crippen molar-refractivity contribution >= 4 is 39.6 Å². The number of amides is 1. The SMILES string of the molecule is COC(=O)c1ccc(NC(=O)/C=C/c2ccccc2Br)cc1. The maximum atomic E-state index is 11.9. The number of halogens is 1. The van der Waals surface area contributed by atoms with Gasteiger partial charge in [0.05, 0.1) is 12.7 Å². The van der Waals surface area contributed by atoms with Crippen LogP contribution in [0.4, 0.5) is 5.69 Å². The minimum atomic E-state index is -0.410. The lowest BCUT2D eigenvalue weighted by Crippen LogP contribution is -2.08. The first-order chi connectivity index (χ1) is 10.6. The van der Waals surface area contributed by atoms with Crippen LogP contribution < -0.4 is 5.32 Å². The minimum absolute atomic E-state index is 0.249. The average Bonchev–Trinajstić information content (AvgIpc) is 2.54. The maximum Gasteiger partial charge on any atom is 0.337 e. The van der Waals surface area contributed by atoms with Crippen molar-refractivity contribution in [2.75, 3.05) is 12.4 Å². The third-order valence-electron chi connectivity index (χ3n) is 2.89. The third kappa shape index (κ3) is 4.30. The molecule has 0 spiro atoms. The van der Waals surface area contributed by atoms with Crippen molar-refractivity contribution < 1.29 is 14.3 Å². The Labute approximate surface area is 136 Å². The highest BCUT2D eigenvalue weighted by atomic mass is 79.9. The molecule has 0 bridgehead atoms. The van der Waals surface area contributed by atoms with Gasteiger partial charge >= 0.3 is 5.97 Å². The molecule has 4 nitrogen and oxygen atoms in total. The van der Waals surface area contributed by atoms with E-state index >= 15 is 0 Å². The number of methoxy groups -OCH3 is 1. The topological polar surface area (TPSA) is 55.4 Å². The molecule has 2 aromatic rings. The predicted molar refractivity (Wildman–Crippen MR) is 89.6 cm³/mol. The van der Waals surface area contributed by atoms with Gasteiger partial charge in [-0.25, -0.2) is 4.79 Å². The molecule has 112 valence electrons. The quantitative estimate of drug-likeness (QED) is 0.665. The summed E-state index contributed by atoms with van der Waals surface area (Å²) >= 11 is 3.41. The summed E-state index contributed by atoms with van der Waals surface area (Å²) in [5, 5.41) is 2.72. The highest BCUT2D eigenvalue weighted by Crippen LogP contribution is 2.17. The lowest BCUT2D eigenvalue weighted by molar-refractivity contribution is -0.111. The second-order valence-electron chi connectivity index (χ2n) is 4.41. The summed E-state index contributed by atoms with van der Waals surface area (Å²) in [4.78, 5) is 23.2. The first kappa shape index (κ1) is 16.0. The van der Waals surface area contributed by atoms with Gasteiger partial charge in [-0.15, -0.1) is 0 Å². The summed E-state index contributed by atoms with van der Waals surface area (Å²) in [6, 6.07) is 14.1. The van der Waals surface area contributed by atoms with Crippen molar-refractivity contribution in [1.29, 1.82) is 0 Å². The van der Waals surface area contributed by atoms with Gasteiger partial charge in [0.25, 0.3) is 0 Å². The molecule has 0 saturated heterocycles. The first-order valence-corrected chi connectivity index (χ1v) is 7.31. The largest absolute Gasteiger partial charge is 0.465 e. The van der Waals surface area contributed by atoms with E-state index in [1.54, 1.807) is 30.3 Å². The van der Waals surface area contributed by atoms with Crippen molar-refractivity contribution in [1.82, 2.24) is 0 Å². The van der Waals surface area contributed by atoms with Crippen LogP contribution in [0.5, 0.6) is 0 Å². The number of anilines is 1. The van der Waals surface area contributed by atoms with Crippen LogP contribution in [-0.4, -0.2) is 19.0 Å². The fraction of sp³-hybridized carbons (Fsp3) is 0.0588. The molecule has 0 aromatic heterocycles. The van der Waals surface area contributed by atoms with E-state index in [9.17, 15) is 9.59 Å². The molecule has 0 aliphatic carbocycles. The Morgan fingerprint density at radius 2 is 1.77 bits per heavy atom. The molecule has 0 saturated carbocycles. The number of carbonyl (C=O) groups is 2. The average molecular weight is 360 g/mol. The zero-order chi connectivity index (χ0) is 15.9. The van der Waals surface area contributed by atoms with Gasteiger partial charge in [0.1, 0.15) is 0 Å². The Morgan fingerprint density at radius 3 is 2.41 bits per heavy atom. The van der Waals surface area contributed by atoms with Crippen molar-refractivity contribution in [2.24, 2.45) is 0 Å². The molecule has 1 N–H and O–H groups in total. The second-order valence-corrected chi connectivity index (χ2v) is 5.27. The van der Waals surface area contributed by atoms with Crippen molar-refractivity contribution in [2.45, 2.75) is 0 Å². The van der Waals surface area contributed by atoms with Crippen molar-refractivity contribution in [3.8, 4) is 0 Å². The summed E-state index contributed by atoms with van der Waals surface area (Å²) in [5.74, 6) is -0.659. The van der Waals surface area contributed by atoms with Crippen LogP contribution in [0.25, 0.3) is 6.08 Å². The van der Waals surface area contributed by atoms with Crippen LogP contribution in [0, 0.1) is 0 Å². The molecular weight excluding hydrogens is 346 g/mol. The Morgan fingerprint density at radius 1 is 1.09 bits per heavy atom. The Bertz CT molecular complexity index is 708. The van der Waals surface area contributed by atoms with E-state index in [4.69, 9.17) is 0 Å². The predicted octanol–water partition coefficient (Wildman–Crippen LogP) is 3.89. The molecular formula is C17H14BrNO3. The van der Waals surface area contributed by atoms with Crippen molar-refractivity contribution in [3.63, 3.8) is 0 Å². The number of hydrogen-bond acceptors (Lipinski definition) is 3. The van der Waals surface area contributed by atoms with Crippen LogP contribution >= 0.6 is 15.9 Å². The van der Waals surface area contributed by atoms with Gasteiger partial charge in [-0.3, -0.25) is 4.79 Å². The van der Waals surface area contributed by atoms with Crippen LogP contribution in [0.3, 0.4) is 0 Å². The van der Waals surface area contributed by atoms with Gasteiger partial charge in [0.2, 0.25) is 5.91 Å². The molecule has 0 aliphatic rings. The van der Waals surface area contributed by atoms with E-state index in [1.165, 1.54) is 13.2 Å². The fourth-order valence-electron chi connectivity index (χ4n) is 1.77. The second kappa shape index (κ2) is 7.56. The smallest absolute Gasteiger partial charge is 0.337 e. The van der Waals surface area contributed by atoms with Crippen LogP contribution in [0.1, 0.15) is 15.9 Å². The van der Waals surface area contributed by atoms with E-state index in [-0.39, 0.29) is 5.91 Å². The van der Waals surface area contributed by atoms with Gasteiger partial charge < -0.3 is 10.1 Å². The summed E-state index contributed by atoms with van der Waals surface area (Å²) < 4.78 is 5.53. The van der Waals surface area contributed by atoms with Gasteiger partial charge in [-0.05, 0) is 42.0 Å². The monoisotopic (exact) mass is 359 g/mol. The molecule has 0 fully saturated rings. The number of ether oxygens (including phenoxy) is 1. The lowest BCUT2D eigenvalue weighted by atomic mass is 10.2. The number of nitrogens with one attached hydrogen (secondary N) is 1. The molecule has 1 amide bonds. The fourth-order valence-corrected chi connectivity index (χ4v) is 2.18. The number of rotatable bonds is 4. The summed E-state index contributed by atoms with van der Waals surface area (Å²) in [5.41, 5.74) is 1.96. The van der Waals surface area contributed by atoms with E-state index in [0.29, 0.717) is 11.3 Å². The van der Waals surface area contributed by atoms with Gasteiger partial charge in [-0.1, -0.05) is 34.1 Å². The molecule has 0 radical (unpaired) electrons. The molecule has 5 heteroatoms. The van der Waals surface area contributed by atoms with E-state index in [2.05, 4.69) is 26.0 Å². The molecule has 22 heavy (non-hydrogen) atoms. The summed E-state index contributed by atoms with van der Waals surface area (Å²) in [6.07, 6.45) is 3.18. The summed E-state index contributed by atoms with van der Waals surface area (Å²) in [7, 11) is 1.32.